The summed E-state index contributed by atoms with van der Waals surface area (Å²) in [7, 11) is 0. The lowest BCUT2D eigenvalue weighted by Crippen LogP contribution is -2.10. The average Bonchev–Trinajstić information content (AvgIpc) is 2.46. The highest BCUT2D eigenvalue weighted by molar-refractivity contribution is 5.56. The van der Waals surface area contributed by atoms with E-state index in [1.165, 1.54) is 11.1 Å². The molecule has 2 N–H and O–H groups in total. The maximum Gasteiger partial charge on any atom is 0.0571 e. The van der Waals surface area contributed by atoms with Gasteiger partial charge in [0.15, 0.2) is 0 Å². The lowest BCUT2D eigenvalue weighted by atomic mass is 10.0. The van der Waals surface area contributed by atoms with Gasteiger partial charge in [-0.15, -0.1) is 0 Å². The number of aryl methyl sites for hydroxylation is 1. The summed E-state index contributed by atoms with van der Waals surface area (Å²) >= 11 is 0. The topological polar surface area (TPSA) is 24.1 Å². The summed E-state index contributed by atoms with van der Waals surface area (Å²) in [5, 5.41) is 0. The maximum atomic E-state index is 3.29. The van der Waals surface area contributed by atoms with Crippen molar-refractivity contribution in [3.8, 4) is 0 Å². The van der Waals surface area contributed by atoms with Gasteiger partial charge < -0.3 is 10.9 Å². The summed E-state index contributed by atoms with van der Waals surface area (Å²) in [6.45, 7) is 6.66. The summed E-state index contributed by atoms with van der Waals surface area (Å²) in [5.41, 5.74) is 11.5. The van der Waals surface area contributed by atoms with Crippen LogP contribution in [0.2, 0.25) is 0 Å². The van der Waals surface area contributed by atoms with Crippen molar-refractivity contribution in [2.45, 2.75) is 33.6 Å². The summed E-state index contributed by atoms with van der Waals surface area (Å²) < 4.78 is 0. The maximum absolute atomic E-state index is 3.29. The van der Waals surface area contributed by atoms with Crippen molar-refractivity contribution in [2.24, 2.45) is 5.92 Å². The largest absolute Gasteiger partial charge is 0.301 e. The Morgan fingerprint density at radius 3 is 2.25 bits per heavy atom. The average molecular weight is 268 g/mol. The summed E-state index contributed by atoms with van der Waals surface area (Å²) in [5.74, 6) is 0.698. The number of para-hydroxylation sites is 1. The Kier molecular flexibility index (Phi) is 5.05. The molecule has 20 heavy (non-hydrogen) atoms. The van der Waals surface area contributed by atoms with E-state index in [1.807, 2.05) is 0 Å². The molecular weight excluding hydrogens is 244 g/mol. The fraction of sp³-hybridized carbons (Fsp3) is 0.333. The van der Waals surface area contributed by atoms with Crippen LogP contribution in [-0.4, -0.2) is 0 Å². The second kappa shape index (κ2) is 6.99. The molecule has 2 nitrogen and oxygen atoms in total. The molecule has 0 amide bonds. The minimum atomic E-state index is 0.698. The van der Waals surface area contributed by atoms with Crippen LogP contribution in [0.5, 0.6) is 0 Å². The highest BCUT2D eigenvalue weighted by atomic mass is 15.4. The van der Waals surface area contributed by atoms with Gasteiger partial charge in [0.25, 0.3) is 0 Å². The van der Waals surface area contributed by atoms with Gasteiger partial charge in [0.1, 0.15) is 0 Å². The van der Waals surface area contributed by atoms with Gasteiger partial charge >= 0.3 is 0 Å². The van der Waals surface area contributed by atoms with E-state index in [9.17, 15) is 0 Å². The van der Waals surface area contributed by atoms with E-state index in [0.29, 0.717) is 5.92 Å². The first-order valence-electron chi connectivity index (χ1n) is 7.38. The van der Waals surface area contributed by atoms with E-state index in [4.69, 9.17) is 0 Å². The number of nitrogens with one attached hydrogen (secondary N) is 2. The Labute approximate surface area is 122 Å². The molecular formula is C18H24N2. The van der Waals surface area contributed by atoms with Crippen LogP contribution < -0.4 is 10.9 Å². The highest BCUT2D eigenvalue weighted by Gasteiger charge is 2.00. The number of benzene rings is 2. The van der Waals surface area contributed by atoms with Gasteiger partial charge in [0.2, 0.25) is 0 Å². The van der Waals surface area contributed by atoms with E-state index in [0.717, 1.165) is 24.2 Å². The van der Waals surface area contributed by atoms with Crippen molar-refractivity contribution in [1.82, 2.24) is 0 Å². The monoisotopic (exact) mass is 268 g/mol. The van der Waals surface area contributed by atoms with Crippen molar-refractivity contribution < 1.29 is 0 Å². The Balaban J connectivity index is 1.97. The van der Waals surface area contributed by atoms with Crippen LogP contribution in [0.15, 0.2) is 48.5 Å². The Hall–Kier alpha value is -1.96. The van der Waals surface area contributed by atoms with Crippen LogP contribution in [0.3, 0.4) is 0 Å². The lowest BCUT2D eigenvalue weighted by Gasteiger charge is -2.13. The molecule has 0 spiro atoms. The van der Waals surface area contributed by atoms with Gasteiger partial charge in [-0.2, -0.15) is 0 Å². The third-order valence-electron chi connectivity index (χ3n) is 3.34. The zero-order valence-corrected chi connectivity index (χ0v) is 12.6. The van der Waals surface area contributed by atoms with E-state index in [1.54, 1.807) is 0 Å². The second-order valence-corrected chi connectivity index (χ2v) is 5.56. The van der Waals surface area contributed by atoms with E-state index < -0.39 is 0 Å². The van der Waals surface area contributed by atoms with E-state index >= 15 is 0 Å². The Morgan fingerprint density at radius 1 is 0.900 bits per heavy atom. The van der Waals surface area contributed by atoms with Crippen molar-refractivity contribution in [1.29, 1.82) is 0 Å². The van der Waals surface area contributed by atoms with Gasteiger partial charge in [-0.25, -0.2) is 0 Å². The SMILES string of the molecule is CCc1ccccc1NNc1ccc(CC(C)C)cc1. The molecule has 2 heteroatoms. The normalized spacial score (nSPS) is 10.6. The highest BCUT2D eigenvalue weighted by Crippen LogP contribution is 2.17. The summed E-state index contributed by atoms with van der Waals surface area (Å²) in [6.07, 6.45) is 2.16. The van der Waals surface area contributed by atoms with Crippen LogP contribution in [0.25, 0.3) is 0 Å². The molecule has 0 radical (unpaired) electrons. The lowest BCUT2D eigenvalue weighted by molar-refractivity contribution is 0.647. The molecule has 0 heterocycles. The van der Waals surface area contributed by atoms with Gasteiger partial charge in [0, 0.05) is 0 Å². The predicted molar refractivity (Wildman–Crippen MR) is 88.0 cm³/mol. The third-order valence-corrected chi connectivity index (χ3v) is 3.34. The molecule has 0 saturated carbocycles. The quantitative estimate of drug-likeness (QED) is 0.729. The Morgan fingerprint density at radius 2 is 1.60 bits per heavy atom. The third kappa shape index (κ3) is 4.02. The first-order valence-corrected chi connectivity index (χ1v) is 7.38. The first kappa shape index (κ1) is 14.4. The molecule has 0 aliphatic carbocycles. The number of rotatable bonds is 6. The minimum absolute atomic E-state index is 0.698. The first-order chi connectivity index (χ1) is 9.69. The molecule has 0 bridgehead atoms. The van der Waals surface area contributed by atoms with Crippen molar-refractivity contribution >= 4 is 11.4 Å². The van der Waals surface area contributed by atoms with Gasteiger partial charge in [-0.3, -0.25) is 0 Å². The van der Waals surface area contributed by atoms with Gasteiger partial charge in [0.05, 0.1) is 11.4 Å². The fourth-order valence-corrected chi connectivity index (χ4v) is 2.29. The summed E-state index contributed by atoms with van der Waals surface area (Å²) in [4.78, 5) is 0. The van der Waals surface area contributed by atoms with Crippen LogP contribution >= 0.6 is 0 Å². The molecule has 0 aliphatic heterocycles. The van der Waals surface area contributed by atoms with Gasteiger partial charge in [-0.1, -0.05) is 51.1 Å². The van der Waals surface area contributed by atoms with Crippen LogP contribution in [0.4, 0.5) is 11.4 Å². The standard InChI is InChI=1S/C18H24N2/c1-4-16-7-5-6-8-18(16)20-19-17-11-9-15(10-12-17)13-14(2)3/h5-12,14,19-20H,4,13H2,1-3H3. The Bertz CT molecular complexity index is 529. The molecule has 0 fully saturated rings. The zero-order valence-electron chi connectivity index (χ0n) is 12.6. The van der Waals surface area contributed by atoms with Crippen LogP contribution in [0, 0.1) is 5.92 Å². The van der Waals surface area contributed by atoms with Gasteiger partial charge in [-0.05, 0) is 48.1 Å². The van der Waals surface area contributed by atoms with Crippen molar-refractivity contribution in [3.63, 3.8) is 0 Å². The van der Waals surface area contributed by atoms with Crippen LogP contribution in [0.1, 0.15) is 31.9 Å². The number of hydrazine groups is 1. The minimum Gasteiger partial charge on any atom is -0.301 e. The van der Waals surface area contributed by atoms with Crippen LogP contribution in [-0.2, 0) is 12.8 Å². The second-order valence-electron chi connectivity index (χ2n) is 5.56. The van der Waals surface area contributed by atoms with Crippen molar-refractivity contribution in [3.05, 3.63) is 59.7 Å². The fourth-order valence-electron chi connectivity index (χ4n) is 2.29. The molecule has 0 aliphatic rings. The van der Waals surface area contributed by atoms with E-state index in [2.05, 4.69) is 80.2 Å². The zero-order chi connectivity index (χ0) is 14.4. The molecule has 2 aromatic rings. The number of hydrogen-bond donors (Lipinski definition) is 2. The number of anilines is 2. The van der Waals surface area contributed by atoms with Crippen molar-refractivity contribution in [2.75, 3.05) is 10.9 Å². The molecule has 2 rings (SSSR count). The molecule has 106 valence electrons. The molecule has 0 unspecified atom stereocenters. The van der Waals surface area contributed by atoms with E-state index in [-0.39, 0.29) is 0 Å². The summed E-state index contributed by atoms with van der Waals surface area (Å²) in [6, 6.07) is 17.0. The molecule has 2 aromatic carbocycles. The predicted octanol–water partition coefficient (Wildman–Crippen LogP) is 4.89. The smallest absolute Gasteiger partial charge is 0.0571 e. The molecule has 0 aromatic heterocycles. The molecule has 0 saturated heterocycles. The molecule has 0 atom stereocenters. The number of hydrogen-bond acceptors (Lipinski definition) is 2.